The molecule has 148 valence electrons. The van der Waals surface area contributed by atoms with E-state index in [4.69, 9.17) is 9.84 Å². The predicted molar refractivity (Wildman–Crippen MR) is 93.7 cm³/mol. The predicted octanol–water partition coefficient (Wildman–Crippen LogP) is -1.85. The molecule has 2 aromatic heterocycles. The summed E-state index contributed by atoms with van der Waals surface area (Å²) in [6.45, 7) is 1.66. The molecule has 1 aliphatic rings. The van der Waals surface area contributed by atoms with Crippen molar-refractivity contribution < 1.29 is 30.3 Å². The van der Waals surface area contributed by atoms with E-state index in [1.807, 2.05) is 6.08 Å². The lowest BCUT2D eigenvalue weighted by molar-refractivity contribution is -0.250. The number of hydrogen-bond donors (Lipinski definition) is 6. The van der Waals surface area contributed by atoms with Crippen molar-refractivity contribution in [1.29, 1.82) is 0 Å². The van der Waals surface area contributed by atoms with Gasteiger partial charge < -0.3 is 35.6 Å². The van der Waals surface area contributed by atoms with Crippen LogP contribution in [0.4, 0.5) is 5.82 Å². The number of nitrogens with one attached hydrogen (secondary N) is 1. The van der Waals surface area contributed by atoms with Crippen molar-refractivity contribution in [2.45, 2.75) is 37.6 Å². The summed E-state index contributed by atoms with van der Waals surface area (Å²) in [5.74, 6) is 0.449. The van der Waals surface area contributed by atoms with Crippen molar-refractivity contribution in [3.63, 3.8) is 0 Å². The number of nitrogens with zero attached hydrogens (tertiary/aromatic N) is 4. The molecule has 2 unspecified atom stereocenters. The van der Waals surface area contributed by atoms with E-state index >= 15 is 0 Å². The summed E-state index contributed by atoms with van der Waals surface area (Å²) in [7, 11) is 0. The molecule has 2 aromatic rings. The number of anilines is 1. The molecular formula is C16H23N5O6. The topological polar surface area (TPSA) is 166 Å². The zero-order valence-corrected chi connectivity index (χ0v) is 14.7. The maximum atomic E-state index is 10.3. The Balaban J connectivity index is 1.89. The Morgan fingerprint density at radius 1 is 1.19 bits per heavy atom. The number of rotatable bonds is 6. The fourth-order valence-electron chi connectivity index (χ4n) is 2.87. The van der Waals surface area contributed by atoms with Crippen LogP contribution in [0, 0.1) is 0 Å². The lowest BCUT2D eigenvalue weighted by Gasteiger charge is -2.40. The Morgan fingerprint density at radius 2 is 1.96 bits per heavy atom. The second-order valence-electron chi connectivity index (χ2n) is 6.36. The fourth-order valence-corrected chi connectivity index (χ4v) is 2.87. The van der Waals surface area contributed by atoms with Crippen molar-refractivity contribution in [3.8, 4) is 0 Å². The monoisotopic (exact) mass is 381 g/mol. The Labute approximate surface area is 154 Å². The number of ether oxygens (including phenoxy) is 1. The summed E-state index contributed by atoms with van der Waals surface area (Å²) in [6.07, 6.45) is -2.00. The van der Waals surface area contributed by atoms with Crippen LogP contribution in [0.3, 0.4) is 0 Å². The van der Waals surface area contributed by atoms with Gasteiger partial charge >= 0.3 is 0 Å². The maximum absolute atomic E-state index is 10.3. The molecule has 1 aliphatic heterocycles. The molecule has 3 heterocycles. The van der Waals surface area contributed by atoms with Crippen molar-refractivity contribution in [2.75, 3.05) is 25.1 Å². The first-order valence-electron chi connectivity index (χ1n) is 8.46. The van der Waals surface area contributed by atoms with Gasteiger partial charge in [0.1, 0.15) is 30.7 Å². The molecule has 11 heteroatoms. The minimum absolute atomic E-state index is 0.0351. The maximum Gasteiger partial charge on any atom is 0.167 e. The summed E-state index contributed by atoms with van der Waals surface area (Å²) in [5, 5.41) is 51.6. The third kappa shape index (κ3) is 3.78. The summed E-state index contributed by atoms with van der Waals surface area (Å²) in [6, 6.07) is 0. The lowest BCUT2D eigenvalue weighted by Crippen LogP contribution is -2.56. The molecule has 0 spiro atoms. The molecule has 3 rings (SSSR count). The van der Waals surface area contributed by atoms with Crippen molar-refractivity contribution in [1.82, 2.24) is 19.5 Å². The van der Waals surface area contributed by atoms with Crippen molar-refractivity contribution in [2.24, 2.45) is 0 Å². The number of aliphatic hydroxyl groups is 5. The van der Waals surface area contributed by atoms with E-state index < -0.39 is 37.3 Å². The molecule has 0 bridgehead atoms. The van der Waals surface area contributed by atoms with Crippen molar-refractivity contribution in [3.05, 3.63) is 24.3 Å². The minimum Gasteiger partial charge on any atom is -0.394 e. The van der Waals surface area contributed by atoms with E-state index in [0.717, 1.165) is 5.57 Å². The summed E-state index contributed by atoms with van der Waals surface area (Å²) < 4.78 is 6.96. The number of aliphatic hydroxyl groups excluding tert-OH is 5. The molecular weight excluding hydrogens is 358 g/mol. The largest absolute Gasteiger partial charge is 0.394 e. The summed E-state index contributed by atoms with van der Waals surface area (Å²) >= 11 is 0. The van der Waals surface area contributed by atoms with Gasteiger partial charge in [-0.25, -0.2) is 15.0 Å². The first kappa shape index (κ1) is 19.6. The molecule has 1 fully saturated rings. The van der Waals surface area contributed by atoms with Crippen LogP contribution in [0.1, 0.15) is 13.2 Å². The highest BCUT2D eigenvalue weighted by Crippen LogP contribution is 2.31. The molecule has 0 aliphatic carbocycles. The summed E-state index contributed by atoms with van der Waals surface area (Å²) in [5.41, 5.74) is 1.57. The molecule has 0 aromatic carbocycles. The molecule has 0 saturated carbocycles. The van der Waals surface area contributed by atoms with E-state index in [2.05, 4.69) is 20.3 Å². The SMILES string of the molecule is C/C(=C\CNc1ncnc2c1ncn2[C@@H]1O[C@@H](CO)C(O)[C@H](O)C1O)CO. The van der Waals surface area contributed by atoms with Crippen molar-refractivity contribution >= 4 is 17.0 Å². The third-order valence-corrected chi connectivity index (χ3v) is 4.47. The first-order valence-corrected chi connectivity index (χ1v) is 8.46. The Morgan fingerprint density at radius 3 is 2.67 bits per heavy atom. The molecule has 0 amide bonds. The molecule has 1 saturated heterocycles. The Bertz CT molecular complexity index is 810. The molecule has 27 heavy (non-hydrogen) atoms. The quantitative estimate of drug-likeness (QED) is 0.313. The zero-order chi connectivity index (χ0) is 19.6. The van der Waals surface area contributed by atoms with Gasteiger partial charge in [0.2, 0.25) is 0 Å². The Kier molecular flexibility index (Phi) is 5.99. The van der Waals surface area contributed by atoms with Gasteiger partial charge in [0.25, 0.3) is 0 Å². The molecule has 5 atom stereocenters. The average Bonchev–Trinajstić information content (AvgIpc) is 3.11. The van der Waals surface area contributed by atoms with Gasteiger partial charge in [-0.15, -0.1) is 0 Å². The minimum atomic E-state index is -1.50. The van der Waals surface area contributed by atoms with Gasteiger partial charge in [-0.2, -0.15) is 0 Å². The number of imidazole rings is 1. The van der Waals surface area contributed by atoms with Crippen LogP contribution in [-0.4, -0.2) is 89.2 Å². The van der Waals surface area contributed by atoms with Crippen LogP contribution in [0.15, 0.2) is 24.3 Å². The van der Waals surface area contributed by atoms with Gasteiger partial charge in [0.15, 0.2) is 23.2 Å². The van der Waals surface area contributed by atoms with E-state index in [1.165, 1.54) is 17.2 Å². The highest BCUT2D eigenvalue weighted by molar-refractivity contribution is 5.82. The standard InChI is InChI=1S/C16H23N5O6/c1-8(4-22)2-3-17-14-10-15(19-6-18-14)21(7-20-10)16-13(26)12(25)11(24)9(5-23)27-16/h2,6-7,9,11-13,16,22-26H,3-5H2,1H3,(H,17,18,19)/b8-2+/t9-,11?,12-,13?,16+/m0/s1. The van der Waals surface area contributed by atoms with E-state index in [-0.39, 0.29) is 6.61 Å². The first-order chi connectivity index (χ1) is 13.0. The lowest BCUT2D eigenvalue weighted by atomic mass is 9.98. The van der Waals surface area contributed by atoms with Gasteiger partial charge in [0.05, 0.1) is 19.5 Å². The van der Waals surface area contributed by atoms with Crippen LogP contribution in [0.25, 0.3) is 11.2 Å². The number of hydrogen-bond acceptors (Lipinski definition) is 10. The third-order valence-electron chi connectivity index (χ3n) is 4.47. The normalized spacial score (nSPS) is 29.3. The molecule has 6 N–H and O–H groups in total. The van der Waals surface area contributed by atoms with Gasteiger partial charge in [-0.1, -0.05) is 11.6 Å². The van der Waals surface area contributed by atoms with Crippen LogP contribution in [0.5, 0.6) is 0 Å². The van der Waals surface area contributed by atoms with Crippen LogP contribution in [0.2, 0.25) is 0 Å². The van der Waals surface area contributed by atoms with E-state index in [1.54, 1.807) is 6.92 Å². The van der Waals surface area contributed by atoms with E-state index in [0.29, 0.717) is 23.5 Å². The average molecular weight is 381 g/mol. The van der Waals surface area contributed by atoms with Crippen LogP contribution < -0.4 is 5.32 Å². The molecule has 11 nitrogen and oxygen atoms in total. The Hall–Kier alpha value is -2.15. The van der Waals surface area contributed by atoms with Gasteiger partial charge in [-0.05, 0) is 6.92 Å². The zero-order valence-electron chi connectivity index (χ0n) is 14.7. The van der Waals surface area contributed by atoms with Crippen LogP contribution >= 0.6 is 0 Å². The van der Waals surface area contributed by atoms with Gasteiger partial charge in [-0.3, -0.25) is 4.57 Å². The fraction of sp³-hybridized carbons (Fsp3) is 0.562. The van der Waals surface area contributed by atoms with Crippen LogP contribution in [-0.2, 0) is 4.74 Å². The second kappa shape index (κ2) is 8.25. The van der Waals surface area contributed by atoms with Gasteiger partial charge in [0, 0.05) is 6.54 Å². The molecule has 0 radical (unpaired) electrons. The smallest absolute Gasteiger partial charge is 0.167 e. The number of aromatic nitrogens is 4. The highest BCUT2D eigenvalue weighted by atomic mass is 16.6. The second-order valence-corrected chi connectivity index (χ2v) is 6.36. The summed E-state index contributed by atoms with van der Waals surface area (Å²) in [4.78, 5) is 12.6. The highest BCUT2D eigenvalue weighted by Gasteiger charge is 2.44. The number of fused-ring (bicyclic) bond motifs is 1. The van der Waals surface area contributed by atoms with E-state index in [9.17, 15) is 20.4 Å².